The third-order valence-electron chi connectivity index (χ3n) is 3.15. The van der Waals surface area contributed by atoms with E-state index in [9.17, 15) is 17.6 Å². The molecule has 0 aliphatic carbocycles. The Morgan fingerprint density at radius 3 is 2.53 bits per heavy atom. The predicted octanol–water partition coefficient (Wildman–Crippen LogP) is 3.43. The van der Waals surface area contributed by atoms with Gasteiger partial charge in [-0.1, -0.05) is 18.2 Å². The van der Waals surface area contributed by atoms with Crippen molar-refractivity contribution in [2.45, 2.75) is 25.1 Å². The number of piperidine rings is 1. The van der Waals surface area contributed by atoms with Gasteiger partial charge in [0.2, 0.25) is 0 Å². The Bertz CT molecular complexity index is 388. The molecule has 1 aromatic carbocycles. The van der Waals surface area contributed by atoms with E-state index in [1.165, 1.54) is 18.2 Å². The van der Waals surface area contributed by atoms with E-state index in [1.807, 2.05) is 0 Å². The molecule has 0 aromatic heterocycles. The van der Waals surface area contributed by atoms with Crippen molar-refractivity contribution >= 4 is 0 Å². The summed E-state index contributed by atoms with van der Waals surface area (Å²) in [5.74, 6) is -1.79. The molecule has 2 rings (SSSR count). The lowest BCUT2D eigenvalue weighted by atomic mass is 9.88. The first-order valence-electron chi connectivity index (χ1n) is 5.53. The summed E-state index contributed by atoms with van der Waals surface area (Å²) in [6, 6.07) is 5.43. The second-order valence-electron chi connectivity index (χ2n) is 4.29. The van der Waals surface area contributed by atoms with Crippen LogP contribution in [0.4, 0.5) is 17.6 Å². The van der Waals surface area contributed by atoms with Crippen LogP contribution in [-0.4, -0.2) is 12.7 Å². The molecule has 0 amide bonds. The third kappa shape index (κ3) is 2.77. The lowest BCUT2D eigenvalue weighted by Gasteiger charge is -2.32. The highest BCUT2D eigenvalue weighted by Crippen LogP contribution is 2.38. The van der Waals surface area contributed by atoms with E-state index in [4.69, 9.17) is 0 Å². The van der Waals surface area contributed by atoms with Gasteiger partial charge in [0.05, 0.1) is 5.92 Å². The normalized spacial score (nSPS) is 25.9. The molecule has 1 aliphatic heterocycles. The van der Waals surface area contributed by atoms with E-state index in [0.717, 1.165) is 0 Å². The zero-order chi connectivity index (χ0) is 12.5. The second-order valence-corrected chi connectivity index (χ2v) is 4.29. The standard InChI is InChI=1S/C12H13F4N/c13-10-4-2-1-3-9(10)11-7-8(5-6-17-11)12(14,15)16/h1-4,8,11,17H,5-7H2. The Hall–Kier alpha value is -1.10. The first-order chi connectivity index (χ1) is 7.98. The predicted molar refractivity (Wildman–Crippen MR) is 55.9 cm³/mol. The maximum atomic E-state index is 13.5. The number of alkyl halides is 3. The van der Waals surface area contributed by atoms with Crippen LogP contribution in [0.2, 0.25) is 0 Å². The molecule has 1 aromatic rings. The van der Waals surface area contributed by atoms with E-state index < -0.39 is 24.0 Å². The van der Waals surface area contributed by atoms with Crippen LogP contribution in [-0.2, 0) is 0 Å². The fourth-order valence-corrected chi connectivity index (χ4v) is 2.21. The molecule has 94 valence electrons. The molecule has 0 bridgehead atoms. The smallest absolute Gasteiger partial charge is 0.310 e. The monoisotopic (exact) mass is 247 g/mol. The molecule has 1 saturated heterocycles. The van der Waals surface area contributed by atoms with Crippen LogP contribution >= 0.6 is 0 Å². The van der Waals surface area contributed by atoms with E-state index in [0.29, 0.717) is 5.56 Å². The lowest BCUT2D eigenvalue weighted by Crippen LogP contribution is -2.38. The van der Waals surface area contributed by atoms with Crippen molar-refractivity contribution in [1.82, 2.24) is 5.32 Å². The summed E-state index contributed by atoms with van der Waals surface area (Å²) in [6.45, 7) is 0.267. The minimum absolute atomic E-state index is 0.0639. The highest BCUT2D eigenvalue weighted by molar-refractivity contribution is 5.21. The topological polar surface area (TPSA) is 12.0 Å². The minimum Gasteiger partial charge on any atom is -0.310 e. The number of halogens is 4. The van der Waals surface area contributed by atoms with E-state index in [2.05, 4.69) is 5.32 Å². The molecule has 1 N–H and O–H groups in total. The first-order valence-corrected chi connectivity index (χ1v) is 5.53. The van der Waals surface area contributed by atoms with E-state index in [-0.39, 0.29) is 19.4 Å². The maximum Gasteiger partial charge on any atom is 0.391 e. The van der Waals surface area contributed by atoms with E-state index >= 15 is 0 Å². The van der Waals surface area contributed by atoms with Gasteiger partial charge < -0.3 is 5.32 Å². The van der Waals surface area contributed by atoms with Crippen molar-refractivity contribution < 1.29 is 17.6 Å². The van der Waals surface area contributed by atoms with Crippen molar-refractivity contribution in [1.29, 1.82) is 0 Å². The van der Waals surface area contributed by atoms with Crippen molar-refractivity contribution in [3.63, 3.8) is 0 Å². The highest BCUT2D eigenvalue weighted by Gasteiger charge is 2.42. The minimum atomic E-state index is -4.19. The molecule has 1 fully saturated rings. The second kappa shape index (κ2) is 4.64. The van der Waals surface area contributed by atoms with Crippen LogP contribution in [0, 0.1) is 11.7 Å². The fourth-order valence-electron chi connectivity index (χ4n) is 2.21. The largest absolute Gasteiger partial charge is 0.391 e. The summed E-state index contributed by atoms with van der Waals surface area (Å²) in [5.41, 5.74) is 0.321. The Labute approximate surface area is 96.8 Å². The molecule has 17 heavy (non-hydrogen) atoms. The van der Waals surface area contributed by atoms with Crippen molar-refractivity contribution in [3.8, 4) is 0 Å². The van der Waals surface area contributed by atoms with Crippen LogP contribution < -0.4 is 5.32 Å². The van der Waals surface area contributed by atoms with Gasteiger partial charge >= 0.3 is 6.18 Å². The number of hydrogen-bond donors (Lipinski definition) is 1. The molecule has 0 radical (unpaired) electrons. The average molecular weight is 247 g/mol. The molecular weight excluding hydrogens is 234 g/mol. The average Bonchev–Trinajstić information content (AvgIpc) is 2.29. The lowest BCUT2D eigenvalue weighted by molar-refractivity contribution is -0.183. The van der Waals surface area contributed by atoms with Gasteiger partial charge in [-0.3, -0.25) is 0 Å². The Kier molecular flexibility index (Phi) is 3.38. The molecule has 1 heterocycles. The van der Waals surface area contributed by atoms with Gasteiger partial charge in [-0.05, 0) is 25.5 Å². The molecule has 1 nitrogen and oxygen atoms in total. The van der Waals surface area contributed by atoms with E-state index in [1.54, 1.807) is 6.07 Å². The van der Waals surface area contributed by atoms with Crippen molar-refractivity contribution in [3.05, 3.63) is 35.6 Å². The van der Waals surface area contributed by atoms with Gasteiger partial charge in [0, 0.05) is 11.6 Å². The molecule has 0 saturated carbocycles. The van der Waals surface area contributed by atoms with Gasteiger partial charge in [0.15, 0.2) is 0 Å². The van der Waals surface area contributed by atoms with Crippen LogP contribution in [0.5, 0.6) is 0 Å². The molecule has 5 heteroatoms. The van der Waals surface area contributed by atoms with Gasteiger partial charge in [-0.15, -0.1) is 0 Å². The maximum absolute atomic E-state index is 13.5. The SMILES string of the molecule is Fc1ccccc1C1CC(C(F)(F)F)CCN1. The number of rotatable bonds is 1. The molecule has 2 unspecified atom stereocenters. The summed E-state index contributed by atoms with van der Waals surface area (Å²) in [4.78, 5) is 0. The third-order valence-corrected chi connectivity index (χ3v) is 3.15. The van der Waals surface area contributed by atoms with Gasteiger partial charge in [0.1, 0.15) is 5.82 Å². The van der Waals surface area contributed by atoms with Crippen LogP contribution in [0.1, 0.15) is 24.4 Å². The van der Waals surface area contributed by atoms with Crippen LogP contribution in [0.15, 0.2) is 24.3 Å². The summed E-state index contributed by atoms with van der Waals surface area (Å²) in [5, 5.41) is 2.94. The van der Waals surface area contributed by atoms with Crippen LogP contribution in [0.25, 0.3) is 0 Å². The molecule has 1 aliphatic rings. The van der Waals surface area contributed by atoms with Gasteiger partial charge in [-0.25, -0.2) is 4.39 Å². The van der Waals surface area contributed by atoms with Crippen LogP contribution in [0.3, 0.4) is 0 Å². The molecule has 2 atom stereocenters. The molecular formula is C12H13F4N. The zero-order valence-electron chi connectivity index (χ0n) is 9.10. The molecule has 0 spiro atoms. The number of hydrogen-bond acceptors (Lipinski definition) is 1. The Morgan fingerprint density at radius 1 is 1.18 bits per heavy atom. The zero-order valence-corrected chi connectivity index (χ0v) is 9.10. The number of nitrogens with one attached hydrogen (secondary N) is 1. The van der Waals surface area contributed by atoms with Crippen molar-refractivity contribution in [2.75, 3.05) is 6.54 Å². The summed E-state index contributed by atoms with van der Waals surface area (Å²) < 4.78 is 51.3. The number of benzene rings is 1. The summed E-state index contributed by atoms with van der Waals surface area (Å²) in [6.07, 6.45) is -4.22. The van der Waals surface area contributed by atoms with Gasteiger partial charge in [0.25, 0.3) is 0 Å². The fraction of sp³-hybridized carbons (Fsp3) is 0.500. The highest BCUT2D eigenvalue weighted by atomic mass is 19.4. The van der Waals surface area contributed by atoms with Crippen molar-refractivity contribution in [2.24, 2.45) is 5.92 Å². The van der Waals surface area contributed by atoms with Gasteiger partial charge in [-0.2, -0.15) is 13.2 Å². The Morgan fingerprint density at radius 2 is 1.88 bits per heavy atom. The summed E-state index contributed by atoms with van der Waals surface area (Å²) in [7, 11) is 0. The first kappa shape index (κ1) is 12.4. The quantitative estimate of drug-likeness (QED) is 0.750. The Balaban J connectivity index is 2.15. The summed E-state index contributed by atoms with van der Waals surface area (Å²) >= 11 is 0.